The number of carboxylic acids is 1. The average Bonchev–Trinajstić information content (AvgIpc) is 0.916. The maximum atomic E-state index is 14.5. The number of aromatic nitrogens is 1. The number of carboxylic acid groups (broad SMARTS) is 1. The lowest BCUT2D eigenvalue weighted by atomic mass is 9.81. The van der Waals surface area contributed by atoms with Gasteiger partial charge in [-0.1, -0.05) is 92.6 Å². The van der Waals surface area contributed by atoms with E-state index in [0.29, 0.717) is 57.6 Å². The molecule has 1 saturated heterocycles. The quantitative estimate of drug-likeness (QED) is 0.0135. The van der Waals surface area contributed by atoms with Crippen LogP contribution in [0.3, 0.4) is 0 Å². The molecule has 1 aromatic carbocycles. The number of phenols is 1. The van der Waals surface area contributed by atoms with Crippen molar-refractivity contribution in [1.82, 2.24) is 46.3 Å². The standard InChI is InChI=1S/C77H126N10O19S2/c1-14-16-17-18-19-20-21-26-66(91)79-33-38-104-42-41-103-37-31-68(93)80-34-39-105-43-40-102-36-30-67(92)78-32-23-22-25-58(82-69(94)27-24-35-87-70(95)49-64(107-13)75(87)99)71(96)83-59-46-55(28-29-62(59)89)45-56(44-53(6)76(100)101)81-72(97)60-50-108-73(84-60)63(106-54(7)88)48-61(51(3)4)86(12)74(98)57(52(5)15-2)47-65(90)77(8,9)85(10)11/h28-29,46,50-53,56-58,61,63-64,89H,14-27,30-45,47-49H2,1-13H3,(H,78,92)(H,79,91)(H,80,93)(H,81,97)(H,82,94)(H,83,96)(H,100,101)/t52-,53?,56+,57-,58-,61+,63+,64?/m0/s1. The van der Waals surface area contributed by atoms with Crippen molar-refractivity contribution in [2.45, 2.75) is 232 Å². The highest BCUT2D eigenvalue weighted by atomic mass is 32.2. The van der Waals surface area contributed by atoms with Crippen molar-refractivity contribution in [3.63, 3.8) is 0 Å². The number of esters is 1. The second-order valence-corrected chi connectivity index (χ2v) is 30.8. The number of ketones is 1. The number of thioether (sulfide) groups is 1. The van der Waals surface area contributed by atoms with Crippen LogP contribution < -0.4 is 31.9 Å². The van der Waals surface area contributed by atoms with Gasteiger partial charge in [0.1, 0.15) is 22.5 Å². The SMILES string of the molecule is CCCCCCCCCC(=O)NCCOCCOCCC(=O)NCCOCCOCCC(=O)NCCCC[C@H](NC(=O)CCCN1C(=O)CC(SC)C1=O)C(=O)Nc1cc(C[C@@H](CC(C)C(=O)O)NC(=O)c2csc([C@@H](C[C@H](C(C)C)N(C)C(=O)[C@@H](CC(=O)C(C)(C)N(C)C)[C@@H](C)CC)OC(C)=O)n2)ccc1O. The molecule has 8 atom stereocenters. The highest BCUT2D eigenvalue weighted by Gasteiger charge is 2.40. The molecule has 1 fully saturated rings. The van der Waals surface area contributed by atoms with E-state index in [2.05, 4.69) is 43.8 Å². The van der Waals surface area contributed by atoms with Crippen LogP contribution in [0.25, 0.3) is 0 Å². The zero-order valence-electron chi connectivity index (χ0n) is 66.3. The van der Waals surface area contributed by atoms with E-state index < -0.39 is 76.5 Å². The van der Waals surface area contributed by atoms with Gasteiger partial charge in [-0.25, -0.2) is 4.98 Å². The number of ether oxygens (including phenoxy) is 5. The van der Waals surface area contributed by atoms with E-state index in [-0.39, 0.29) is 192 Å². The summed E-state index contributed by atoms with van der Waals surface area (Å²) in [6.45, 7) is 19.4. The molecule has 1 aromatic heterocycles. The van der Waals surface area contributed by atoms with Crippen LogP contribution in [0.15, 0.2) is 23.6 Å². The number of nitrogens with zero attached hydrogens (tertiary/aromatic N) is 4. The molecule has 31 heteroatoms. The molecule has 0 bridgehead atoms. The number of aromatic hydroxyl groups is 1. The Labute approximate surface area is 647 Å². The number of hydrogen-bond donors (Lipinski definition) is 8. The number of carbonyl (C=O) groups excluding carboxylic acids is 11. The van der Waals surface area contributed by atoms with Gasteiger partial charge in [-0.3, -0.25) is 67.3 Å². The van der Waals surface area contributed by atoms with Gasteiger partial charge in [-0.05, 0) is 109 Å². The van der Waals surface area contributed by atoms with E-state index in [1.165, 1.54) is 75.2 Å². The van der Waals surface area contributed by atoms with Crippen LogP contribution in [0.4, 0.5) is 5.69 Å². The molecule has 9 amide bonds. The lowest BCUT2D eigenvalue weighted by Crippen LogP contribution is -2.50. The third-order valence-corrected chi connectivity index (χ3v) is 21.3. The monoisotopic (exact) mass is 1560 g/mol. The molecule has 2 unspecified atom stereocenters. The maximum Gasteiger partial charge on any atom is 0.306 e. The first-order valence-corrected chi connectivity index (χ1v) is 40.6. The largest absolute Gasteiger partial charge is 0.506 e. The van der Waals surface area contributed by atoms with Crippen molar-refractivity contribution in [1.29, 1.82) is 0 Å². The number of hydrogen-bond acceptors (Lipinski definition) is 22. The van der Waals surface area contributed by atoms with Crippen molar-refractivity contribution in [3.05, 3.63) is 39.8 Å². The second kappa shape index (κ2) is 52.1. The second-order valence-electron chi connectivity index (χ2n) is 28.8. The van der Waals surface area contributed by atoms with Gasteiger partial charge in [0.2, 0.25) is 47.3 Å². The Morgan fingerprint density at radius 2 is 1.31 bits per heavy atom. The average molecular weight is 1560 g/mol. The minimum absolute atomic E-state index is 0.00239. The number of anilines is 1. The summed E-state index contributed by atoms with van der Waals surface area (Å²) in [4.78, 5) is 167. The maximum absolute atomic E-state index is 14.5. The molecule has 1 aliphatic heterocycles. The summed E-state index contributed by atoms with van der Waals surface area (Å²) in [5, 5.41) is 39.3. The van der Waals surface area contributed by atoms with Gasteiger partial charge < -0.3 is 70.7 Å². The zero-order chi connectivity index (χ0) is 80.3. The number of likely N-dealkylation sites (tertiary alicyclic amines) is 1. The molecule has 0 radical (unpaired) electrons. The van der Waals surface area contributed by atoms with Crippen LogP contribution in [-0.2, 0) is 82.8 Å². The summed E-state index contributed by atoms with van der Waals surface area (Å²) < 4.78 is 27.9. The zero-order valence-corrected chi connectivity index (χ0v) is 67.9. The number of benzene rings is 1. The summed E-state index contributed by atoms with van der Waals surface area (Å²) in [5.41, 5.74) is -0.459. The molecule has 1 aliphatic rings. The van der Waals surface area contributed by atoms with Crippen molar-refractivity contribution in [3.8, 4) is 5.75 Å². The van der Waals surface area contributed by atoms with E-state index >= 15 is 0 Å². The van der Waals surface area contributed by atoms with Gasteiger partial charge in [0.05, 0.1) is 75.2 Å². The van der Waals surface area contributed by atoms with Crippen LogP contribution in [0.2, 0.25) is 0 Å². The van der Waals surface area contributed by atoms with E-state index in [1.54, 1.807) is 24.3 Å². The number of aliphatic carboxylic acids is 1. The predicted octanol–water partition coefficient (Wildman–Crippen LogP) is 7.94. The predicted molar refractivity (Wildman–Crippen MR) is 414 cm³/mol. The molecule has 0 spiro atoms. The first kappa shape index (κ1) is 95.0. The summed E-state index contributed by atoms with van der Waals surface area (Å²) in [6.07, 6.45) is 11.2. The minimum atomic E-state index is -1.17. The lowest BCUT2D eigenvalue weighted by molar-refractivity contribution is -0.150. The Hall–Kier alpha value is -7.16. The summed E-state index contributed by atoms with van der Waals surface area (Å²) in [6, 6.07) is 1.80. The molecule has 8 N–H and O–H groups in total. The van der Waals surface area contributed by atoms with Crippen molar-refractivity contribution in [2.24, 2.45) is 23.7 Å². The van der Waals surface area contributed by atoms with Gasteiger partial charge >= 0.3 is 11.9 Å². The first-order valence-electron chi connectivity index (χ1n) is 38.4. The van der Waals surface area contributed by atoms with Gasteiger partial charge in [0, 0.05) is 108 Å². The smallest absolute Gasteiger partial charge is 0.306 e. The number of amides is 9. The fourth-order valence-electron chi connectivity index (χ4n) is 12.0. The number of phenolic OH excluding ortho intramolecular Hbond substituents is 1. The fourth-order valence-corrected chi connectivity index (χ4v) is 13.5. The number of unbranched alkanes of at least 4 members (excludes halogenated alkanes) is 7. The Balaban J connectivity index is 1.58. The van der Waals surface area contributed by atoms with Crippen molar-refractivity contribution >= 4 is 99.7 Å². The Bertz CT molecular complexity index is 3150. The number of Topliss-reactive ketones (excluding diaryl/α,β-unsaturated/α-hetero) is 1. The molecule has 610 valence electrons. The van der Waals surface area contributed by atoms with E-state index in [4.69, 9.17) is 23.7 Å². The van der Waals surface area contributed by atoms with E-state index in [1.807, 2.05) is 60.5 Å². The molecule has 2 heterocycles. The van der Waals surface area contributed by atoms with Gasteiger partial charge in [-0.15, -0.1) is 11.3 Å². The highest BCUT2D eigenvalue weighted by molar-refractivity contribution is 8.00. The van der Waals surface area contributed by atoms with E-state index in [0.717, 1.165) is 29.1 Å². The Kier molecular flexibility index (Phi) is 45.8. The normalized spacial score (nSPS) is 15.0. The third-order valence-electron chi connectivity index (χ3n) is 19.5. The van der Waals surface area contributed by atoms with Crippen LogP contribution >= 0.6 is 23.1 Å². The van der Waals surface area contributed by atoms with Crippen LogP contribution in [0.1, 0.15) is 218 Å². The Morgan fingerprint density at radius 1 is 0.722 bits per heavy atom. The Morgan fingerprint density at radius 3 is 1.87 bits per heavy atom. The van der Waals surface area contributed by atoms with Gasteiger partial charge in [0.25, 0.3) is 5.91 Å². The van der Waals surface area contributed by atoms with Crippen LogP contribution in [0.5, 0.6) is 5.75 Å². The number of likely N-dealkylation sites (N-methyl/N-ethyl adjacent to an activating group) is 1. The van der Waals surface area contributed by atoms with Crippen molar-refractivity contribution in [2.75, 3.05) is 112 Å². The first-order chi connectivity index (χ1) is 51.3. The molecular weight excluding hydrogens is 1430 g/mol. The number of thiazole rings is 1. The minimum Gasteiger partial charge on any atom is -0.506 e. The number of imide groups is 1. The molecule has 0 aliphatic carbocycles. The van der Waals surface area contributed by atoms with E-state index in [9.17, 15) is 67.7 Å². The molecule has 2 aromatic rings. The summed E-state index contributed by atoms with van der Waals surface area (Å²) >= 11 is 2.34. The number of carbonyl (C=O) groups is 12. The lowest BCUT2D eigenvalue weighted by Gasteiger charge is -2.38. The van der Waals surface area contributed by atoms with Gasteiger partial charge in [-0.2, -0.15) is 11.8 Å². The summed E-state index contributed by atoms with van der Waals surface area (Å²) in [5.74, 6) is -7.25. The topological polar surface area (TPSA) is 386 Å². The van der Waals surface area contributed by atoms with Crippen LogP contribution in [0, 0.1) is 23.7 Å². The van der Waals surface area contributed by atoms with Gasteiger partial charge in [0.15, 0.2) is 11.9 Å². The number of nitrogens with one attached hydrogen (secondary N) is 6. The molecule has 108 heavy (non-hydrogen) atoms. The molecular formula is C77H126N10O19S2. The fraction of sp³-hybridized carbons (Fsp3) is 0.727. The number of rotatable bonds is 59. The molecule has 3 rings (SSSR count). The van der Waals surface area contributed by atoms with Crippen molar-refractivity contribution < 1.29 is 91.4 Å². The summed E-state index contributed by atoms with van der Waals surface area (Å²) in [7, 11) is 5.32. The van der Waals surface area contributed by atoms with Crippen LogP contribution in [-0.4, -0.2) is 236 Å². The third kappa shape index (κ3) is 36.1. The highest BCUT2D eigenvalue weighted by Crippen LogP contribution is 2.34. The molecule has 0 saturated carbocycles. The molecule has 29 nitrogen and oxygen atoms in total.